The largest absolute Gasteiger partial charge is 0.348 e. The number of rotatable bonds is 2. The van der Waals surface area contributed by atoms with Gasteiger partial charge in [-0.1, -0.05) is 0 Å². The molecule has 0 aliphatic heterocycles. The Labute approximate surface area is 105 Å². The monoisotopic (exact) mass is 254 g/mol. The highest BCUT2D eigenvalue weighted by Gasteiger charge is 2.26. The van der Waals surface area contributed by atoms with E-state index < -0.39 is 0 Å². The van der Waals surface area contributed by atoms with Gasteiger partial charge < -0.3 is 9.88 Å². The lowest BCUT2D eigenvalue weighted by Crippen LogP contribution is -2.38. The second-order valence-corrected chi connectivity index (χ2v) is 4.95. The first-order valence-corrected chi connectivity index (χ1v) is 6.13. The molecule has 2 unspecified atom stereocenters. The maximum absolute atomic E-state index is 11.9. The lowest BCUT2D eigenvalue weighted by molar-refractivity contribution is 0.0938. The number of pyridine rings is 1. The lowest BCUT2D eigenvalue weighted by atomic mass is 10.2. The number of amides is 1. The molecule has 1 aliphatic rings. The van der Waals surface area contributed by atoms with E-state index in [1.807, 2.05) is 0 Å². The quantitative estimate of drug-likeness (QED) is 0.809. The van der Waals surface area contributed by atoms with Crippen molar-refractivity contribution in [2.24, 2.45) is 7.05 Å². The molecular weight excluding hydrogens is 240 g/mol. The molecule has 4 nitrogen and oxygen atoms in total. The van der Waals surface area contributed by atoms with E-state index in [2.05, 4.69) is 5.32 Å². The average Bonchev–Trinajstić information content (AvgIpc) is 2.68. The second kappa shape index (κ2) is 4.92. The van der Waals surface area contributed by atoms with Crippen molar-refractivity contribution in [3.8, 4) is 0 Å². The van der Waals surface area contributed by atoms with Crippen molar-refractivity contribution in [1.82, 2.24) is 9.88 Å². The molecule has 2 atom stereocenters. The zero-order valence-corrected chi connectivity index (χ0v) is 10.4. The number of nitrogens with one attached hydrogen (secondary N) is 1. The summed E-state index contributed by atoms with van der Waals surface area (Å²) < 4.78 is 1.43. The first-order valence-electron chi connectivity index (χ1n) is 5.69. The molecule has 0 aromatic carbocycles. The molecule has 1 aromatic rings. The van der Waals surface area contributed by atoms with Gasteiger partial charge in [0, 0.05) is 30.9 Å². The molecule has 0 bridgehead atoms. The minimum atomic E-state index is -0.222. The predicted octanol–water partition coefficient (Wildman–Crippen LogP) is 1.27. The third kappa shape index (κ3) is 2.69. The van der Waals surface area contributed by atoms with Crippen LogP contribution >= 0.6 is 11.6 Å². The van der Waals surface area contributed by atoms with Crippen molar-refractivity contribution < 1.29 is 4.79 Å². The van der Waals surface area contributed by atoms with Gasteiger partial charge in [-0.05, 0) is 25.3 Å². The summed E-state index contributed by atoms with van der Waals surface area (Å²) in [6.07, 6.45) is 4.47. The highest BCUT2D eigenvalue weighted by molar-refractivity contribution is 6.21. The minimum absolute atomic E-state index is 0.00509. The first kappa shape index (κ1) is 12.2. The number of aromatic nitrogens is 1. The highest BCUT2D eigenvalue weighted by Crippen LogP contribution is 2.24. The van der Waals surface area contributed by atoms with E-state index in [-0.39, 0.29) is 22.9 Å². The second-order valence-electron chi connectivity index (χ2n) is 4.39. The van der Waals surface area contributed by atoms with Gasteiger partial charge in [0.15, 0.2) is 0 Å². The molecule has 0 spiro atoms. The maximum Gasteiger partial charge on any atom is 0.251 e. The Morgan fingerprint density at radius 1 is 1.53 bits per heavy atom. The van der Waals surface area contributed by atoms with E-state index in [4.69, 9.17) is 11.6 Å². The zero-order valence-electron chi connectivity index (χ0n) is 9.65. The van der Waals surface area contributed by atoms with Crippen LogP contribution in [0.3, 0.4) is 0 Å². The molecule has 1 heterocycles. The van der Waals surface area contributed by atoms with Crippen LogP contribution in [-0.4, -0.2) is 21.9 Å². The van der Waals surface area contributed by atoms with E-state index >= 15 is 0 Å². The predicted molar refractivity (Wildman–Crippen MR) is 66.4 cm³/mol. The fourth-order valence-corrected chi connectivity index (χ4v) is 2.36. The normalized spacial score (nSPS) is 23.6. The molecule has 1 aromatic heterocycles. The van der Waals surface area contributed by atoms with Crippen molar-refractivity contribution in [1.29, 1.82) is 0 Å². The van der Waals surface area contributed by atoms with Crippen LogP contribution < -0.4 is 10.9 Å². The summed E-state index contributed by atoms with van der Waals surface area (Å²) in [6.45, 7) is 0. The highest BCUT2D eigenvalue weighted by atomic mass is 35.5. The summed E-state index contributed by atoms with van der Waals surface area (Å²) in [4.78, 5) is 23.3. The van der Waals surface area contributed by atoms with Crippen LogP contribution in [0.15, 0.2) is 23.1 Å². The fraction of sp³-hybridized carbons (Fsp3) is 0.500. The van der Waals surface area contributed by atoms with Crippen LogP contribution in [0.1, 0.15) is 29.6 Å². The molecule has 92 valence electrons. The molecule has 17 heavy (non-hydrogen) atoms. The number of aryl methyl sites for hydroxylation is 1. The summed E-state index contributed by atoms with van der Waals surface area (Å²) in [7, 11) is 1.65. The Morgan fingerprint density at radius 2 is 2.29 bits per heavy atom. The van der Waals surface area contributed by atoms with E-state index in [0.717, 1.165) is 19.3 Å². The Morgan fingerprint density at radius 3 is 2.88 bits per heavy atom. The Balaban J connectivity index is 2.09. The topological polar surface area (TPSA) is 51.1 Å². The van der Waals surface area contributed by atoms with Crippen molar-refractivity contribution in [3.05, 3.63) is 34.2 Å². The number of alkyl halides is 1. The van der Waals surface area contributed by atoms with Gasteiger partial charge in [-0.15, -0.1) is 11.6 Å². The van der Waals surface area contributed by atoms with E-state index in [1.165, 1.54) is 10.6 Å². The number of nitrogens with zero attached hydrogens (tertiary/aromatic N) is 1. The van der Waals surface area contributed by atoms with Crippen LogP contribution in [0.2, 0.25) is 0 Å². The Kier molecular flexibility index (Phi) is 3.52. The van der Waals surface area contributed by atoms with Gasteiger partial charge in [0.05, 0.1) is 5.38 Å². The first-order chi connectivity index (χ1) is 8.08. The molecule has 2 rings (SSSR count). The lowest BCUT2D eigenvalue weighted by Gasteiger charge is -2.15. The molecule has 5 heteroatoms. The SMILES string of the molecule is Cn1ccc(C(=O)NC2CCCC2Cl)cc1=O. The summed E-state index contributed by atoms with van der Waals surface area (Å²) in [5.74, 6) is -0.222. The fourth-order valence-electron chi connectivity index (χ4n) is 2.02. The maximum atomic E-state index is 11.9. The van der Waals surface area contributed by atoms with Crippen LogP contribution in [0.25, 0.3) is 0 Å². The van der Waals surface area contributed by atoms with Gasteiger partial charge in [-0.2, -0.15) is 0 Å². The zero-order chi connectivity index (χ0) is 12.4. The van der Waals surface area contributed by atoms with Crippen LogP contribution in [0.5, 0.6) is 0 Å². The number of carbonyl (C=O) groups excluding carboxylic acids is 1. The number of hydrogen-bond donors (Lipinski definition) is 1. The number of carbonyl (C=O) groups is 1. The van der Waals surface area contributed by atoms with E-state index in [0.29, 0.717) is 5.56 Å². The van der Waals surface area contributed by atoms with Gasteiger partial charge in [0.1, 0.15) is 0 Å². The molecule has 1 amide bonds. The molecule has 1 N–H and O–H groups in total. The van der Waals surface area contributed by atoms with Crippen molar-refractivity contribution in [3.63, 3.8) is 0 Å². The molecular formula is C12H15ClN2O2. The molecule has 0 radical (unpaired) electrons. The average molecular weight is 255 g/mol. The van der Waals surface area contributed by atoms with Crippen molar-refractivity contribution >= 4 is 17.5 Å². The third-order valence-electron chi connectivity index (χ3n) is 3.11. The van der Waals surface area contributed by atoms with E-state index in [1.54, 1.807) is 19.3 Å². The minimum Gasteiger partial charge on any atom is -0.348 e. The standard InChI is InChI=1S/C12H15ClN2O2/c1-15-6-5-8(7-11(15)16)12(17)14-10-4-2-3-9(10)13/h5-7,9-10H,2-4H2,1H3,(H,14,17). The van der Waals surface area contributed by atoms with Gasteiger partial charge in [0.2, 0.25) is 0 Å². The van der Waals surface area contributed by atoms with Crippen LogP contribution in [-0.2, 0) is 7.05 Å². The summed E-state index contributed by atoms with van der Waals surface area (Å²) in [5, 5.41) is 2.88. The molecule has 1 fully saturated rings. The van der Waals surface area contributed by atoms with Crippen molar-refractivity contribution in [2.45, 2.75) is 30.7 Å². The van der Waals surface area contributed by atoms with Gasteiger partial charge >= 0.3 is 0 Å². The Bertz CT molecular complexity index is 484. The number of halogens is 1. The molecule has 1 saturated carbocycles. The summed E-state index contributed by atoms with van der Waals surface area (Å²) >= 11 is 6.09. The van der Waals surface area contributed by atoms with Gasteiger partial charge in [-0.25, -0.2) is 0 Å². The molecule has 0 saturated heterocycles. The summed E-state index contributed by atoms with van der Waals surface area (Å²) in [6, 6.07) is 3.00. The third-order valence-corrected chi connectivity index (χ3v) is 3.64. The smallest absolute Gasteiger partial charge is 0.251 e. The van der Waals surface area contributed by atoms with Crippen molar-refractivity contribution in [2.75, 3.05) is 0 Å². The summed E-state index contributed by atoms with van der Waals surface area (Å²) in [5.41, 5.74) is 0.204. The Hall–Kier alpha value is -1.29. The van der Waals surface area contributed by atoms with Gasteiger partial charge in [-0.3, -0.25) is 9.59 Å². The van der Waals surface area contributed by atoms with Crippen LogP contribution in [0.4, 0.5) is 0 Å². The number of hydrogen-bond acceptors (Lipinski definition) is 2. The molecule has 1 aliphatic carbocycles. The van der Waals surface area contributed by atoms with E-state index in [9.17, 15) is 9.59 Å². The van der Waals surface area contributed by atoms with Gasteiger partial charge in [0.25, 0.3) is 11.5 Å². The van der Waals surface area contributed by atoms with Crippen LogP contribution in [0, 0.1) is 0 Å².